The number of primary amides is 1. The average Bonchev–Trinajstić information content (AvgIpc) is 2.41. The van der Waals surface area contributed by atoms with Crippen LogP contribution in [0.4, 0.5) is 0 Å². The highest BCUT2D eigenvalue weighted by Crippen LogP contribution is 2.26. The second-order valence-electron chi connectivity index (χ2n) is 3.65. The van der Waals surface area contributed by atoms with Gasteiger partial charge in [0.25, 0.3) is 0 Å². The highest BCUT2D eigenvalue weighted by atomic mass is 32.2. The lowest BCUT2D eigenvalue weighted by molar-refractivity contribution is -0.117. The molecule has 1 aliphatic heterocycles. The quantitative estimate of drug-likeness (QED) is 0.772. The van der Waals surface area contributed by atoms with Crippen molar-refractivity contribution in [3.63, 3.8) is 0 Å². The van der Waals surface area contributed by atoms with Gasteiger partial charge in [-0.2, -0.15) is 0 Å². The van der Waals surface area contributed by atoms with Crippen molar-refractivity contribution in [2.75, 3.05) is 5.75 Å². The van der Waals surface area contributed by atoms with Gasteiger partial charge in [0.2, 0.25) is 5.91 Å². The Kier molecular flexibility index (Phi) is 2.26. The van der Waals surface area contributed by atoms with Gasteiger partial charge in [-0.15, -0.1) is 0 Å². The van der Waals surface area contributed by atoms with Crippen LogP contribution in [0.25, 0.3) is 0 Å². The summed E-state index contributed by atoms with van der Waals surface area (Å²) in [5.74, 6) is -0.238. The van der Waals surface area contributed by atoms with Crippen molar-refractivity contribution in [1.82, 2.24) is 0 Å². The zero-order valence-electron chi connectivity index (χ0n) is 8.06. The Morgan fingerprint density at radius 2 is 2.13 bits per heavy atom. The maximum Gasteiger partial charge on any atom is 0.221 e. The largest absolute Gasteiger partial charge is 0.369 e. The average molecular weight is 225 g/mol. The Hall–Kier alpha value is -1.36. The molecule has 4 nitrogen and oxygen atoms in total. The molecule has 0 spiro atoms. The Balaban J connectivity index is 2.42. The third-order valence-electron chi connectivity index (χ3n) is 2.48. The van der Waals surface area contributed by atoms with Crippen LogP contribution in [0.3, 0.4) is 0 Å². The Labute approximate surface area is 88.0 Å². The first-order chi connectivity index (χ1) is 6.99. The summed E-state index contributed by atoms with van der Waals surface area (Å²) < 4.78 is 23.0. The van der Waals surface area contributed by atoms with Crippen LogP contribution in [0.5, 0.6) is 0 Å². The molecule has 2 N–H and O–H groups in total. The normalized spacial score (nSPS) is 17.3. The van der Waals surface area contributed by atoms with Crippen molar-refractivity contribution >= 4 is 15.7 Å². The molecule has 0 saturated heterocycles. The molecule has 1 heterocycles. The lowest BCUT2D eigenvalue weighted by atomic mass is 10.1. The van der Waals surface area contributed by atoms with E-state index in [0.717, 1.165) is 11.1 Å². The fourth-order valence-corrected chi connectivity index (χ4v) is 3.34. The first-order valence-electron chi connectivity index (χ1n) is 4.62. The minimum Gasteiger partial charge on any atom is -0.369 e. The van der Waals surface area contributed by atoms with E-state index in [0.29, 0.717) is 11.3 Å². The molecule has 0 saturated carbocycles. The number of rotatable bonds is 2. The minimum absolute atomic E-state index is 0.160. The molecule has 0 aliphatic carbocycles. The van der Waals surface area contributed by atoms with E-state index in [9.17, 15) is 13.2 Å². The van der Waals surface area contributed by atoms with Gasteiger partial charge in [0.15, 0.2) is 9.84 Å². The van der Waals surface area contributed by atoms with Crippen molar-refractivity contribution in [2.45, 2.75) is 17.7 Å². The lowest BCUT2D eigenvalue weighted by Gasteiger charge is -2.01. The summed E-state index contributed by atoms with van der Waals surface area (Å²) in [5.41, 5.74) is 6.64. The van der Waals surface area contributed by atoms with E-state index in [2.05, 4.69) is 0 Å². The van der Waals surface area contributed by atoms with E-state index >= 15 is 0 Å². The van der Waals surface area contributed by atoms with E-state index in [1.165, 1.54) is 0 Å². The van der Waals surface area contributed by atoms with Gasteiger partial charge >= 0.3 is 0 Å². The second kappa shape index (κ2) is 3.34. The summed E-state index contributed by atoms with van der Waals surface area (Å²) in [7, 11) is -3.07. The third-order valence-corrected chi connectivity index (χ3v) is 4.29. The highest BCUT2D eigenvalue weighted by molar-refractivity contribution is 7.91. The predicted molar refractivity (Wildman–Crippen MR) is 55.1 cm³/mol. The van der Waals surface area contributed by atoms with Crippen LogP contribution in [0.2, 0.25) is 0 Å². The van der Waals surface area contributed by atoms with Crippen LogP contribution >= 0.6 is 0 Å². The molecule has 0 bridgehead atoms. The molecule has 1 aliphatic rings. The van der Waals surface area contributed by atoms with Crippen molar-refractivity contribution in [2.24, 2.45) is 5.73 Å². The van der Waals surface area contributed by atoms with Gasteiger partial charge in [-0.1, -0.05) is 12.1 Å². The van der Waals surface area contributed by atoms with Crippen LogP contribution in [0.1, 0.15) is 11.1 Å². The summed E-state index contributed by atoms with van der Waals surface area (Å²) in [6, 6.07) is 4.97. The smallest absolute Gasteiger partial charge is 0.221 e. The highest BCUT2D eigenvalue weighted by Gasteiger charge is 2.25. The van der Waals surface area contributed by atoms with Gasteiger partial charge in [0.05, 0.1) is 17.1 Å². The lowest BCUT2D eigenvalue weighted by Crippen LogP contribution is -2.13. The number of fused-ring (bicyclic) bond motifs is 1. The Morgan fingerprint density at radius 3 is 2.80 bits per heavy atom. The molecule has 0 radical (unpaired) electrons. The van der Waals surface area contributed by atoms with E-state index in [-0.39, 0.29) is 12.2 Å². The molecular weight excluding hydrogens is 214 g/mol. The number of aryl methyl sites for hydroxylation is 1. The summed E-state index contributed by atoms with van der Waals surface area (Å²) in [6.45, 7) is 0. The van der Waals surface area contributed by atoms with Crippen molar-refractivity contribution in [3.05, 3.63) is 29.3 Å². The van der Waals surface area contributed by atoms with Crippen LogP contribution in [0.15, 0.2) is 23.1 Å². The second-order valence-corrected chi connectivity index (χ2v) is 5.73. The number of hydrogen-bond acceptors (Lipinski definition) is 3. The van der Waals surface area contributed by atoms with Crippen LogP contribution in [-0.2, 0) is 27.5 Å². The van der Waals surface area contributed by atoms with Gasteiger partial charge in [0, 0.05) is 0 Å². The van der Waals surface area contributed by atoms with Crippen LogP contribution in [-0.4, -0.2) is 20.1 Å². The summed E-state index contributed by atoms with van der Waals surface area (Å²) in [4.78, 5) is 11.1. The number of nitrogens with two attached hydrogens (primary N) is 1. The molecule has 1 aromatic carbocycles. The molecule has 0 aromatic heterocycles. The number of carbonyl (C=O) groups is 1. The van der Waals surface area contributed by atoms with Crippen molar-refractivity contribution < 1.29 is 13.2 Å². The Bertz CT molecular complexity index is 519. The molecule has 15 heavy (non-hydrogen) atoms. The number of benzene rings is 1. The monoisotopic (exact) mass is 225 g/mol. The fourth-order valence-electron chi connectivity index (χ4n) is 1.80. The maximum absolute atomic E-state index is 11.5. The number of hydrogen-bond donors (Lipinski definition) is 1. The zero-order chi connectivity index (χ0) is 11.1. The van der Waals surface area contributed by atoms with E-state index in [1.807, 2.05) is 0 Å². The van der Waals surface area contributed by atoms with E-state index in [1.54, 1.807) is 18.2 Å². The van der Waals surface area contributed by atoms with Gasteiger partial charge in [-0.3, -0.25) is 4.79 Å². The number of amides is 1. The van der Waals surface area contributed by atoms with Gasteiger partial charge in [0.1, 0.15) is 0 Å². The third kappa shape index (κ3) is 1.87. The van der Waals surface area contributed by atoms with Crippen LogP contribution < -0.4 is 5.73 Å². The van der Waals surface area contributed by atoms with Crippen LogP contribution in [0, 0.1) is 0 Å². The summed E-state index contributed by atoms with van der Waals surface area (Å²) in [6.07, 6.45) is 0.692. The minimum atomic E-state index is -3.07. The standard InChI is InChI=1S/C10H11NO3S/c11-10(12)6-7-1-2-9-8(5-7)3-4-15(9,13)14/h1-2,5H,3-4,6H2,(H2,11,12). The molecule has 0 fully saturated rings. The van der Waals surface area contributed by atoms with Gasteiger partial charge < -0.3 is 5.73 Å². The molecule has 5 heteroatoms. The van der Waals surface area contributed by atoms with Crippen molar-refractivity contribution in [3.8, 4) is 0 Å². The number of carbonyl (C=O) groups excluding carboxylic acids is 1. The molecule has 1 amide bonds. The Morgan fingerprint density at radius 1 is 1.40 bits per heavy atom. The maximum atomic E-state index is 11.5. The first kappa shape index (κ1) is 10.2. The topological polar surface area (TPSA) is 77.2 Å². The molecule has 80 valence electrons. The molecule has 0 unspecified atom stereocenters. The summed E-state index contributed by atoms with van der Waals surface area (Å²) >= 11 is 0. The van der Waals surface area contributed by atoms with Gasteiger partial charge in [-0.25, -0.2) is 8.42 Å². The fraction of sp³-hybridized carbons (Fsp3) is 0.300. The molecule has 1 aromatic rings. The van der Waals surface area contributed by atoms with Gasteiger partial charge in [-0.05, 0) is 23.6 Å². The predicted octanol–water partition coefficient (Wildman–Crippen LogP) is 0.0442. The molecular formula is C10H11NO3S. The van der Waals surface area contributed by atoms with E-state index < -0.39 is 15.7 Å². The molecule has 0 atom stereocenters. The number of sulfone groups is 1. The summed E-state index contributed by atoms with van der Waals surface area (Å²) in [5, 5.41) is 0. The molecule has 2 rings (SSSR count). The SMILES string of the molecule is NC(=O)Cc1ccc2c(c1)CCS2(=O)=O. The first-order valence-corrected chi connectivity index (χ1v) is 6.27. The van der Waals surface area contributed by atoms with Crippen molar-refractivity contribution in [1.29, 1.82) is 0 Å². The zero-order valence-corrected chi connectivity index (χ0v) is 8.88. The van der Waals surface area contributed by atoms with E-state index in [4.69, 9.17) is 5.73 Å².